The van der Waals surface area contributed by atoms with Gasteiger partial charge in [0.15, 0.2) is 0 Å². The van der Waals surface area contributed by atoms with Gasteiger partial charge in [-0.1, -0.05) is 54.6 Å². The zero-order valence-electron chi connectivity index (χ0n) is 15.4. The molecule has 0 aliphatic rings. The lowest BCUT2D eigenvalue weighted by molar-refractivity contribution is 0.102. The van der Waals surface area contributed by atoms with Crippen molar-refractivity contribution in [3.8, 4) is 11.5 Å². The van der Waals surface area contributed by atoms with Gasteiger partial charge in [0, 0.05) is 16.2 Å². The first-order valence-electron chi connectivity index (χ1n) is 9.01. The second kappa shape index (κ2) is 10.9. The van der Waals surface area contributed by atoms with Gasteiger partial charge in [-0.15, -0.1) is 0 Å². The summed E-state index contributed by atoms with van der Waals surface area (Å²) < 4.78 is 11.9. The molecule has 0 unspecified atom stereocenters. The first kappa shape index (κ1) is 20.3. The minimum atomic E-state index is -0.222. The maximum absolute atomic E-state index is 12.6. The third-order valence-electron chi connectivity index (χ3n) is 4.01. The highest BCUT2D eigenvalue weighted by molar-refractivity contribution is 9.10. The highest BCUT2D eigenvalue weighted by Crippen LogP contribution is 2.25. The van der Waals surface area contributed by atoms with Gasteiger partial charge in [0.25, 0.3) is 5.91 Å². The normalized spacial score (nSPS) is 10.4. The predicted molar refractivity (Wildman–Crippen MR) is 109 cm³/mol. The van der Waals surface area contributed by atoms with Crippen LogP contribution in [0.2, 0.25) is 0 Å². The number of carbonyl (C=O) groups is 1. The summed E-state index contributed by atoms with van der Waals surface area (Å²) in [4.78, 5) is 12.6. The second-order valence-electron chi connectivity index (χ2n) is 6.09. The standard InChI is InChI=1S/C21H26BrNO3/c1-3-4-5-6-7-13-26-18-10-8-9-17(15-18)23-21(24)19-14-16(22)11-12-20(19)25-2/h8-12,14-15H,3-7,13H2,1-2H3,(H,23,24). The molecule has 2 aromatic rings. The summed E-state index contributed by atoms with van der Waals surface area (Å²) in [6.45, 7) is 2.90. The molecule has 2 aromatic carbocycles. The molecular formula is C21H26BrNO3. The summed E-state index contributed by atoms with van der Waals surface area (Å²) in [5, 5.41) is 2.90. The van der Waals surface area contributed by atoms with Crippen LogP contribution in [-0.2, 0) is 0 Å². The average molecular weight is 420 g/mol. The van der Waals surface area contributed by atoms with Gasteiger partial charge in [-0.25, -0.2) is 0 Å². The first-order chi connectivity index (χ1) is 12.6. The number of unbranched alkanes of at least 4 members (excludes halogenated alkanes) is 4. The van der Waals surface area contributed by atoms with E-state index in [0.717, 1.165) is 16.6 Å². The lowest BCUT2D eigenvalue weighted by Crippen LogP contribution is -2.13. The van der Waals surface area contributed by atoms with Crippen LogP contribution in [0.5, 0.6) is 11.5 Å². The molecule has 0 fully saturated rings. The van der Waals surface area contributed by atoms with Crippen LogP contribution in [0.25, 0.3) is 0 Å². The monoisotopic (exact) mass is 419 g/mol. The van der Waals surface area contributed by atoms with Gasteiger partial charge >= 0.3 is 0 Å². The van der Waals surface area contributed by atoms with Crippen molar-refractivity contribution in [3.05, 3.63) is 52.5 Å². The van der Waals surface area contributed by atoms with Gasteiger partial charge < -0.3 is 14.8 Å². The highest BCUT2D eigenvalue weighted by Gasteiger charge is 2.13. The molecule has 5 heteroatoms. The molecule has 0 heterocycles. The van der Waals surface area contributed by atoms with Crippen molar-refractivity contribution in [2.75, 3.05) is 19.0 Å². The number of halogens is 1. The van der Waals surface area contributed by atoms with Gasteiger partial charge in [-0.05, 0) is 36.8 Å². The molecule has 0 spiro atoms. The summed E-state index contributed by atoms with van der Waals surface area (Å²) in [6, 6.07) is 12.8. The first-order valence-corrected chi connectivity index (χ1v) is 9.81. The van der Waals surface area contributed by atoms with Gasteiger partial charge in [-0.2, -0.15) is 0 Å². The molecule has 2 rings (SSSR count). The van der Waals surface area contributed by atoms with Crippen LogP contribution in [0.1, 0.15) is 49.4 Å². The van der Waals surface area contributed by atoms with Crippen molar-refractivity contribution in [3.63, 3.8) is 0 Å². The molecule has 0 saturated heterocycles. The second-order valence-corrected chi connectivity index (χ2v) is 7.00. The fourth-order valence-electron chi connectivity index (χ4n) is 2.62. The molecule has 0 aliphatic heterocycles. The Balaban J connectivity index is 1.93. The number of hydrogen-bond donors (Lipinski definition) is 1. The molecule has 0 atom stereocenters. The fraction of sp³-hybridized carbons (Fsp3) is 0.381. The topological polar surface area (TPSA) is 47.6 Å². The third-order valence-corrected chi connectivity index (χ3v) is 4.51. The van der Waals surface area contributed by atoms with Crippen molar-refractivity contribution in [1.29, 1.82) is 0 Å². The van der Waals surface area contributed by atoms with Gasteiger partial charge in [0.05, 0.1) is 19.3 Å². The van der Waals surface area contributed by atoms with E-state index in [9.17, 15) is 4.79 Å². The van der Waals surface area contributed by atoms with Crippen LogP contribution in [-0.4, -0.2) is 19.6 Å². The Bertz CT molecular complexity index is 718. The Morgan fingerprint density at radius 3 is 2.65 bits per heavy atom. The Hall–Kier alpha value is -2.01. The largest absolute Gasteiger partial charge is 0.496 e. The number of anilines is 1. The predicted octanol–water partition coefficient (Wildman–Crippen LogP) is 6.06. The number of methoxy groups -OCH3 is 1. The molecule has 1 N–H and O–H groups in total. The molecular weight excluding hydrogens is 394 g/mol. The van der Waals surface area contributed by atoms with Crippen molar-refractivity contribution < 1.29 is 14.3 Å². The molecule has 0 aliphatic carbocycles. The Morgan fingerprint density at radius 1 is 1.08 bits per heavy atom. The van der Waals surface area contributed by atoms with Gasteiger partial charge in [0.2, 0.25) is 0 Å². The van der Waals surface area contributed by atoms with Crippen molar-refractivity contribution in [2.45, 2.75) is 39.0 Å². The molecule has 1 amide bonds. The zero-order valence-corrected chi connectivity index (χ0v) is 17.0. The van der Waals surface area contributed by atoms with E-state index in [1.165, 1.54) is 25.7 Å². The van der Waals surface area contributed by atoms with Gasteiger partial charge in [-0.3, -0.25) is 4.79 Å². The van der Waals surface area contributed by atoms with Crippen LogP contribution in [0.15, 0.2) is 46.9 Å². The number of nitrogens with one attached hydrogen (secondary N) is 1. The maximum Gasteiger partial charge on any atom is 0.259 e. The van der Waals surface area contributed by atoms with E-state index in [-0.39, 0.29) is 5.91 Å². The number of amides is 1. The van der Waals surface area contributed by atoms with E-state index in [0.29, 0.717) is 23.6 Å². The summed E-state index contributed by atoms with van der Waals surface area (Å²) in [6.07, 6.45) is 6.01. The summed E-state index contributed by atoms with van der Waals surface area (Å²) >= 11 is 3.39. The van der Waals surface area contributed by atoms with Crippen molar-refractivity contribution >= 4 is 27.5 Å². The van der Waals surface area contributed by atoms with E-state index in [1.807, 2.05) is 30.3 Å². The van der Waals surface area contributed by atoms with Crippen LogP contribution in [0.4, 0.5) is 5.69 Å². The Morgan fingerprint density at radius 2 is 1.88 bits per heavy atom. The molecule has 0 bridgehead atoms. The molecule has 0 radical (unpaired) electrons. The molecule has 140 valence electrons. The molecule has 4 nitrogen and oxygen atoms in total. The minimum Gasteiger partial charge on any atom is -0.496 e. The van der Waals surface area contributed by atoms with Crippen LogP contribution >= 0.6 is 15.9 Å². The Labute approximate surface area is 164 Å². The van der Waals surface area contributed by atoms with E-state index in [4.69, 9.17) is 9.47 Å². The number of rotatable bonds is 10. The average Bonchev–Trinajstić information content (AvgIpc) is 2.65. The molecule has 26 heavy (non-hydrogen) atoms. The fourth-order valence-corrected chi connectivity index (χ4v) is 2.98. The van der Waals surface area contributed by atoms with E-state index >= 15 is 0 Å². The van der Waals surface area contributed by atoms with E-state index < -0.39 is 0 Å². The Kier molecular flexibility index (Phi) is 8.48. The number of ether oxygens (including phenoxy) is 2. The smallest absolute Gasteiger partial charge is 0.259 e. The van der Waals surface area contributed by atoms with E-state index in [1.54, 1.807) is 19.2 Å². The lowest BCUT2D eigenvalue weighted by atomic mass is 10.1. The van der Waals surface area contributed by atoms with Crippen LogP contribution in [0.3, 0.4) is 0 Å². The van der Waals surface area contributed by atoms with Gasteiger partial charge in [0.1, 0.15) is 11.5 Å². The highest BCUT2D eigenvalue weighted by atomic mass is 79.9. The number of benzene rings is 2. The summed E-state index contributed by atoms with van der Waals surface area (Å²) in [5.41, 5.74) is 1.17. The maximum atomic E-state index is 12.6. The van der Waals surface area contributed by atoms with Crippen molar-refractivity contribution in [1.82, 2.24) is 0 Å². The quantitative estimate of drug-likeness (QED) is 0.476. The van der Waals surface area contributed by atoms with Crippen LogP contribution in [0, 0.1) is 0 Å². The summed E-state index contributed by atoms with van der Waals surface area (Å²) in [7, 11) is 1.55. The molecule has 0 aromatic heterocycles. The third kappa shape index (κ3) is 6.37. The molecule has 0 saturated carbocycles. The lowest BCUT2D eigenvalue weighted by Gasteiger charge is -2.11. The minimum absolute atomic E-state index is 0.222. The van der Waals surface area contributed by atoms with Crippen molar-refractivity contribution in [2.24, 2.45) is 0 Å². The SMILES string of the molecule is CCCCCCCOc1cccc(NC(=O)c2cc(Br)ccc2OC)c1. The summed E-state index contributed by atoms with van der Waals surface area (Å²) in [5.74, 6) is 1.07. The van der Waals surface area contributed by atoms with Crippen LogP contribution < -0.4 is 14.8 Å². The zero-order chi connectivity index (χ0) is 18.8. The van der Waals surface area contributed by atoms with E-state index in [2.05, 4.69) is 28.2 Å². The number of hydrogen-bond acceptors (Lipinski definition) is 3. The number of carbonyl (C=O) groups excluding carboxylic acids is 1.